The molecule has 1 aliphatic rings. The highest BCUT2D eigenvalue weighted by atomic mass is 16.4. The van der Waals surface area contributed by atoms with Gasteiger partial charge in [-0.05, 0) is 38.0 Å². The third-order valence-electron chi connectivity index (χ3n) is 2.89. The Balaban J connectivity index is 2.33. The maximum absolute atomic E-state index is 10.9. The van der Waals surface area contributed by atoms with E-state index in [9.17, 15) is 4.79 Å². The van der Waals surface area contributed by atoms with Crippen LogP contribution in [-0.4, -0.2) is 16.8 Å². The van der Waals surface area contributed by atoms with Crippen LogP contribution >= 0.6 is 0 Å². The summed E-state index contributed by atoms with van der Waals surface area (Å²) in [6.07, 6.45) is 2.95. The van der Waals surface area contributed by atoms with Gasteiger partial charge in [0.25, 0.3) is 0 Å². The van der Waals surface area contributed by atoms with E-state index in [0.29, 0.717) is 5.56 Å². The lowest BCUT2D eigenvalue weighted by Crippen LogP contribution is -2.08. The molecule has 0 aromatic heterocycles. The Morgan fingerprint density at radius 1 is 1.41 bits per heavy atom. The lowest BCUT2D eigenvalue weighted by molar-refractivity contribution is 0.0697. The summed E-state index contributed by atoms with van der Waals surface area (Å²) in [6.45, 7) is 3.97. The zero-order valence-electron chi connectivity index (χ0n) is 9.97. The van der Waals surface area contributed by atoms with Gasteiger partial charge in [0.1, 0.15) is 0 Å². The van der Waals surface area contributed by atoms with Crippen molar-refractivity contribution >= 4 is 11.7 Å². The minimum absolute atomic E-state index is 0.242. The smallest absolute Gasteiger partial charge is 0.335 e. The predicted octanol–water partition coefficient (Wildman–Crippen LogP) is 3.24. The van der Waals surface area contributed by atoms with Crippen molar-refractivity contribution in [2.45, 2.75) is 26.2 Å². The predicted molar refractivity (Wildman–Crippen MR) is 67.6 cm³/mol. The average molecular weight is 229 g/mol. The normalized spacial score (nSPS) is 19.5. The molecule has 3 heteroatoms. The van der Waals surface area contributed by atoms with Crippen LogP contribution in [0.15, 0.2) is 41.0 Å². The lowest BCUT2D eigenvalue weighted by atomic mass is 9.90. The number of nitrogens with zero attached hydrogens (tertiary/aromatic N) is 1. The van der Waals surface area contributed by atoms with Gasteiger partial charge in [-0.2, -0.15) is 0 Å². The topological polar surface area (TPSA) is 49.7 Å². The molecule has 2 rings (SSSR count). The number of benzene rings is 1. The Hall–Kier alpha value is -1.90. The highest BCUT2D eigenvalue weighted by Crippen LogP contribution is 2.27. The molecule has 0 saturated heterocycles. The molecular weight excluding hydrogens is 214 g/mol. The van der Waals surface area contributed by atoms with E-state index in [4.69, 9.17) is 5.11 Å². The quantitative estimate of drug-likeness (QED) is 0.846. The Morgan fingerprint density at radius 3 is 2.82 bits per heavy atom. The second kappa shape index (κ2) is 4.53. The van der Waals surface area contributed by atoms with E-state index in [2.05, 4.69) is 11.1 Å². The summed E-state index contributed by atoms with van der Waals surface area (Å²) in [4.78, 5) is 15.3. The average Bonchev–Trinajstić information content (AvgIpc) is 2.28. The van der Waals surface area contributed by atoms with Gasteiger partial charge in [0.15, 0.2) is 0 Å². The molecule has 17 heavy (non-hydrogen) atoms. The Kier molecular flexibility index (Phi) is 3.09. The molecule has 0 saturated carbocycles. The molecule has 88 valence electrons. The van der Waals surface area contributed by atoms with Crippen LogP contribution in [0.3, 0.4) is 0 Å². The molecule has 0 aliphatic carbocycles. The summed E-state index contributed by atoms with van der Waals surface area (Å²) in [5.74, 6) is -0.638. The number of allylic oxidation sites excluding steroid dienone is 2. The number of rotatable bonds is 2. The number of carbonyl (C=O) groups is 1. The summed E-state index contributed by atoms with van der Waals surface area (Å²) in [6, 6.07) is 7.13. The van der Waals surface area contributed by atoms with Gasteiger partial charge in [0, 0.05) is 17.3 Å². The van der Waals surface area contributed by atoms with Crippen molar-refractivity contribution in [3.05, 3.63) is 47.2 Å². The zero-order chi connectivity index (χ0) is 12.4. The fourth-order valence-corrected chi connectivity index (χ4v) is 2.17. The van der Waals surface area contributed by atoms with E-state index in [0.717, 1.165) is 23.4 Å². The van der Waals surface area contributed by atoms with Crippen molar-refractivity contribution in [2.75, 3.05) is 0 Å². The van der Waals surface area contributed by atoms with Crippen LogP contribution in [0, 0.1) is 0 Å². The van der Waals surface area contributed by atoms with E-state index in [1.807, 2.05) is 19.9 Å². The van der Waals surface area contributed by atoms with Gasteiger partial charge in [-0.15, -0.1) is 0 Å². The van der Waals surface area contributed by atoms with Crippen LogP contribution in [-0.2, 0) is 0 Å². The third-order valence-corrected chi connectivity index (χ3v) is 2.89. The minimum Gasteiger partial charge on any atom is -0.478 e. The molecule has 3 nitrogen and oxygen atoms in total. The number of carboxylic acids is 1. The maximum Gasteiger partial charge on any atom is 0.335 e. The first kappa shape index (κ1) is 11.6. The van der Waals surface area contributed by atoms with Gasteiger partial charge >= 0.3 is 5.97 Å². The number of aromatic carboxylic acids is 1. The standard InChI is InChI=1S/C14H15NO2/c1-9-6-13(7-10(2)15-9)11-4-3-5-12(8-11)14(16)17/h3-6,8,13H,7H2,1-2H3,(H,16,17). The number of hydrogen-bond acceptors (Lipinski definition) is 2. The SMILES string of the molecule is CC1=CC(c2cccc(C(=O)O)c2)CC(C)=N1. The van der Waals surface area contributed by atoms with Crippen LogP contribution in [0.4, 0.5) is 0 Å². The molecule has 1 aromatic carbocycles. The largest absolute Gasteiger partial charge is 0.478 e. The molecule has 1 unspecified atom stereocenters. The van der Waals surface area contributed by atoms with E-state index < -0.39 is 5.97 Å². The van der Waals surface area contributed by atoms with Crippen LogP contribution in [0.25, 0.3) is 0 Å². The van der Waals surface area contributed by atoms with E-state index in [1.165, 1.54) is 0 Å². The number of carboxylic acid groups (broad SMARTS) is 1. The fourth-order valence-electron chi connectivity index (χ4n) is 2.17. The molecule has 1 heterocycles. The first-order valence-corrected chi connectivity index (χ1v) is 5.62. The molecule has 1 N–H and O–H groups in total. The second-order valence-corrected chi connectivity index (χ2v) is 4.40. The van der Waals surface area contributed by atoms with Crippen LogP contribution < -0.4 is 0 Å². The Morgan fingerprint density at radius 2 is 2.18 bits per heavy atom. The zero-order valence-corrected chi connectivity index (χ0v) is 9.97. The minimum atomic E-state index is -0.881. The van der Waals surface area contributed by atoms with Crippen molar-refractivity contribution in [3.8, 4) is 0 Å². The molecule has 0 spiro atoms. The molecule has 0 radical (unpaired) electrons. The van der Waals surface area contributed by atoms with Crippen LogP contribution in [0.5, 0.6) is 0 Å². The first-order valence-electron chi connectivity index (χ1n) is 5.62. The van der Waals surface area contributed by atoms with Crippen molar-refractivity contribution in [1.29, 1.82) is 0 Å². The summed E-state index contributed by atoms with van der Waals surface area (Å²) in [5, 5.41) is 8.97. The van der Waals surface area contributed by atoms with Gasteiger partial charge in [-0.1, -0.05) is 18.2 Å². The van der Waals surface area contributed by atoms with E-state index in [-0.39, 0.29) is 5.92 Å². The first-order chi connectivity index (χ1) is 8.06. The van der Waals surface area contributed by atoms with Crippen molar-refractivity contribution in [3.63, 3.8) is 0 Å². The molecular formula is C14H15NO2. The Labute approximate surface area is 101 Å². The lowest BCUT2D eigenvalue weighted by Gasteiger charge is -2.18. The molecule has 1 aromatic rings. The summed E-state index contributed by atoms with van der Waals surface area (Å²) >= 11 is 0. The van der Waals surface area contributed by atoms with Crippen molar-refractivity contribution in [1.82, 2.24) is 0 Å². The maximum atomic E-state index is 10.9. The molecule has 0 fully saturated rings. The molecule has 0 amide bonds. The third kappa shape index (κ3) is 2.61. The Bertz CT molecular complexity index is 515. The van der Waals surface area contributed by atoms with E-state index >= 15 is 0 Å². The monoisotopic (exact) mass is 229 g/mol. The van der Waals surface area contributed by atoms with Gasteiger partial charge in [0.2, 0.25) is 0 Å². The molecule has 1 atom stereocenters. The van der Waals surface area contributed by atoms with Crippen LogP contribution in [0.1, 0.15) is 42.1 Å². The van der Waals surface area contributed by atoms with Crippen molar-refractivity contribution < 1.29 is 9.90 Å². The fraction of sp³-hybridized carbons (Fsp3) is 0.286. The van der Waals surface area contributed by atoms with Gasteiger partial charge in [0.05, 0.1) is 5.56 Å². The molecule has 1 aliphatic heterocycles. The van der Waals surface area contributed by atoms with Gasteiger partial charge in [-0.25, -0.2) is 4.79 Å². The summed E-state index contributed by atoms with van der Waals surface area (Å²) in [7, 11) is 0. The van der Waals surface area contributed by atoms with Gasteiger partial charge in [-0.3, -0.25) is 4.99 Å². The number of hydrogen-bond donors (Lipinski definition) is 1. The summed E-state index contributed by atoms with van der Waals surface area (Å²) < 4.78 is 0. The van der Waals surface area contributed by atoms with Gasteiger partial charge < -0.3 is 5.11 Å². The summed E-state index contributed by atoms with van der Waals surface area (Å²) in [5.41, 5.74) is 3.47. The highest BCUT2D eigenvalue weighted by molar-refractivity contribution is 5.88. The molecule has 0 bridgehead atoms. The number of aliphatic imine (C=N–C) groups is 1. The van der Waals surface area contributed by atoms with E-state index in [1.54, 1.807) is 18.2 Å². The highest BCUT2D eigenvalue weighted by Gasteiger charge is 2.15. The van der Waals surface area contributed by atoms with Crippen LogP contribution in [0.2, 0.25) is 0 Å². The van der Waals surface area contributed by atoms with Crippen molar-refractivity contribution in [2.24, 2.45) is 4.99 Å². The second-order valence-electron chi connectivity index (χ2n) is 4.40.